The van der Waals surface area contributed by atoms with Gasteiger partial charge in [-0.3, -0.25) is 0 Å². The summed E-state index contributed by atoms with van der Waals surface area (Å²) in [4.78, 5) is 4.73. The SMILES string of the molecule is Cc1ccc(C)c2nc(Br)c(B3OC(C)(C)C(C)(C)O3)cc12. The van der Waals surface area contributed by atoms with Crippen LogP contribution in [0.25, 0.3) is 10.9 Å². The number of benzene rings is 1. The van der Waals surface area contributed by atoms with E-state index in [4.69, 9.17) is 14.3 Å². The second-order valence-electron chi connectivity index (χ2n) is 7.05. The Hall–Kier alpha value is -0.905. The standard InChI is InChI=1S/C17H21BBrNO2/c1-10-7-8-11(2)14-12(10)9-13(15(19)20-14)18-21-16(3,4)17(5,6)22-18/h7-9H,1-6H3. The number of nitrogens with zero attached hydrogens (tertiary/aromatic N) is 1. The zero-order valence-electron chi connectivity index (χ0n) is 14.0. The smallest absolute Gasteiger partial charge is 0.399 e. The maximum atomic E-state index is 6.16. The summed E-state index contributed by atoms with van der Waals surface area (Å²) in [5.74, 6) is 0. The zero-order valence-corrected chi connectivity index (χ0v) is 15.5. The molecule has 1 aliphatic heterocycles. The molecule has 1 aromatic heterocycles. The van der Waals surface area contributed by atoms with Gasteiger partial charge in [0.15, 0.2) is 0 Å². The number of hydrogen-bond donors (Lipinski definition) is 0. The van der Waals surface area contributed by atoms with Crippen LogP contribution in [-0.4, -0.2) is 23.3 Å². The molecule has 2 heterocycles. The molecular formula is C17H21BBrNO2. The van der Waals surface area contributed by atoms with E-state index >= 15 is 0 Å². The lowest BCUT2D eigenvalue weighted by Gasteiger charge is -2.32. The van der Waals surface area contributed by atoms with Crippen LogP contribution in [0.4, 0.5) is 0 Å². The molecule has 0 N–H and O–H groups in total. The van der Waals surface area contributed by atoms with Gasteiger partial charge < -0.3 is 9.31 Å². The Morgan fingerprint density at radius 3 is 2.14 bits per heavy atom. The lowest BCUT2D eigenvalue weighted by Crippen LogP contribution is -2.41. The quantitative estimate of drug-likeness (QED) is 0.570. The van der Waals surface area contributed by atoms with Gasteiger partial charge >= 0.3 is 7.12 Å². The monoisotopic (exact) mass is 361 g/mol. The van der Waals surface area contributed by atoms with Gasteiger partial charge in [-0.15, -0.1) is 0 Å². The second-order valence-corrected chi connectivity index (χ2v) is 7.80. The van der Waals surface area contributed by atoms with Crippen LogP contribution in [0.5, 0.6) is 0 Å². The van der Waals surface area contributed by atoms with Gasteiger partial charge in [0, 0.05) is 10.8 Å². The van der Waals surface area contributed by atoms with Gasteiger partial charge in [-0.25, -0.2) is 4.98 Å². The summed E-state index contributed by atoms with van der Waals surface area (Å²) < 4.78 is 13.1. The Balaban J connectivity index is 2.13. The fraction of sp³-hybridized carbons (Fsp3) is 0.471. The van der Waals surface area contributed by atoms with Crippen LogP contribution in [0, 0.1) is 13.8 Å². The molecule has 0 amide bonds. The van der Waals surface area contributed by atoms with Crippen molar-refractivity contribution in [1.82, 2.24) is 4.98 Å². The first-order valence-electron chi connectivity index (χ1n) is 7.54. The molecule has 1 aromatic carbocycles. The minimum absolute atomic E-state index is 0.353. The summed E-state index contributed by atoms with van der Waals surface area (Å²) in [5, 5.41) is 1.15. The number of aromatic nitrogens is 1. The molecule has 0 radical (unpaired) electrons. The Morgan fingerprint density at radius 2 is 1.55 bits per heavy atom. The largest absolute Gasteiger partial charge is 0.497 e. The van der Waals surface area contributed by atoms with Crippen molar-refractivity contribution < 1.29 is 9.31 Å². The van der Waals surface area contributed by atoms with Crippen LogP contribution in [0.15, 0.2) is 22.8 Å². The summed E-state index contributed by atoms with van der Waals surface area (Å²) in [6.45, 7) is 12.4. The molecule has 0 spiro atoms. The van der Waals surface area contributed by atoms with Crippen molar-refractivity contribution >= 4 is 39.4 Å². The van der Waals surface area contributed by atoms with E-state index in [1.807, 2.05) is 0 Å². The average Bonchev–Trinajstić information content (AvgIpc) is 2.62. The maximum absolute atomic E-state index is 6.16. The number of halogens is 1. The van der Waals surface area contributed by atoms with Gasteiger partial charge in [0.2, 0.25) is 0 Å². The van der Waals surface area contributed by atoms with Crippen molar-refractivity contribution in [3.63, 3.8) is 0 Å². The third kappa shape index (κ3) is 2.39. The van der Waals surface area contributed by atoms with E-state index in [0.29, 0.717) is 0 Å². The molecule has 22 heavy (non-hydrogen) atoms. The second kappa shape index (κ2) is 5.05. The Kier molecular flexibility index (Phi) is 3.67. The topological polar surface area (TPSA) is 31.4 Å². The third-order valence-electron chi connectivity index (χ3n) is 4.89. The average molecular weight is 362 g/mol. The van der Waals surface area contributed by atoms with Crippen molar-refractivity contribution in [2.24, 2.45) is 0 Å². The molecule has 5 heteroatoms. The summed E-state index contributed by atoms with van der Waals surface area (Å²) in [6, 6.07) is 6.36. The molecule has 0 unspecified atom stereocenters. The highest BCUT2D eigenvalue weighted by Crippen LogP contribution is 2.37. The lowest BCUT2D eigenvalue weighted by atomic mass is 9.79. The minimum Gasteiger partial charge on any atom is -0.399 e. The molecule has 2 aromatic rings. The molecule has 0 aliphatic carbocycles. The van der Waals surface area contributed by atoms with E-state index in [9.17, 15) is 0 Å². The fourth-order valence-electron chi connectivity index (χ4n) is 2.66. The van der Waals surface area contributed by atoms with E-state index in [1.54, 1.807) is 0 Å². The van der Waals surface area contributed by atoms with Crippen molar-refractivity contribution in [2.45, 2.75) is 52.7 Å². The van der Waals surface area contributed by atoms with E-state index in [2.05, 4.69) is 75.7 Å². The van der Waals surface area contributed by atoms with Crippen LogP contribution in [0.3, 0.4) is 0 Å². The molecular weight excluding hydrogens is 341 g/mol. The first-order chi connectivity index (χ1) is 10.1. The number of pyridine rings is 1. The fourth-order valence-corrected chi connectivity index (χ4v) is 3.14. The van der Waals surface area contributed by atoms with Crippen LogP contribution in [-0.2, 0) is 9.31 Å². The number of rotatable bonds is 1. The summed E-state index contributed by atoms with van der Waals surface area (Å²) in [6.07, 6.45) is 0. The van der Waals surface area contributed by atoms with Gasteiger partial charge in [0.05, 0.1) is 16.7 Å². The van der Waals surface area contributed by atoms with Crippen molar-refractivity contribution in [3.8, 4) is 0 Å². The molecule has 0 atom stereocenters. The Morgan fingerprint density at radius 1 is 1.00 bits per heavy atom. The van der Waals surface area contributed by atoms with Gasteiger partial charge in [-0.1, -0.05) is 18.2 Å². The highest BCUT2D eigenvalue weighted by molar-refractivity contribution is 9.10. The normalized spacial score (nSPS) is 19.9. The van der Waals surface area contributed by atoms with Crippen molar-refractivity contribution in [2.75, 3.05) is 0 Å². The molecule has 116 valence electrons. The highest BCUT2D eigenvalue weighted by Gasteiger charge is 2.52. The van der Waals surface area contributed by atoms with E-state index in [-0.39, 0.29) is 11.2 Å². The van der Waals surface area contributed by atoms with Crippen LogP contribution < -0.4 is 5.46 Å². The predicted molar refractivity (Wildman–Crippen MR) is 94.6 cm³/mol. The number of fused-ring (bicyclic) bond motifs is 1. The molecule has 0 saturated carbocycles. The lowest BCUT2D eigenvalue weighted by molar-refractivity contribution is 0.00578. The molecule has 3 nitrogen and oxygen atoms in total. The number of hydrogen-bond acceptors (Lipinski definition) is 3. The molecule has 1 saturated heterocycles. The van der Waals surface area contributed by atoms with Crippen molar-refractivity contribution in [1.29, 1.82) is 0 Å². The predicted octanol–water partition coefficient (Wildman–Crippen LogP) is 3.91. The van der Waals surface area contributed by atoms with Gasteiger partial charge in [-0.05, 0) is 68.6 Å². The van der Waals surface area contributed by atoms with E-state index < -0.39 is 7.12 Å². The first-order valence-corrected chi connectivity index (χ1v) is 8.34. The van der Waals surface area contributed by atoms with Crippen LogP contribution in [0.1, 0.15) is 38.8 Å². The van der Waals surface area contributed by atoms with Crippen LogP contribution in [0.2, 0.25) is 0 Å². The van der Waals surface area contributed by atoms with Gasteiger partial charge in [0.25, 0.3) is 0 Å². The Bertz CT molecular complexity index is 742. The summed E-state index contributed by atoms with van der Waals surface area (Å²) in [7, 11) is -0.406. The van der Waals surface area contributed by atoms with Crippen LogP contribution >= 0.6 is 15.9 Å². The summed E-state index contributed by atoms with van der Waals surface area (Å²) >= 11 is 3.59. The molecule has 0 bridgehead atoms. The van der Waals surface area contributed by atoms with E-state index in [1.165, 1.54) is 11.1 Å². The zero-order chi connectivity index (χ0) is 16.3. The van der Waals surface area contributed by atoms with E-state index in [0.717, 1.165) is 21.0 Å². The Labute approximate surface area is 140 Å². The molecule has 1 aliphatic rings. The summed E-state index contributed by atoms with van der Waals surface area (Å²) in [5.41, 5.74) is 3.63. The molecule has 1 fully saturated rings. The highest BCUT2D eigenvalue weighted by atomic mass is 79.9. The maximum Gasteiger partial charge on any atom is 0.497 e. The van der Waals surface area contributed by atoms with Gasteiger partial charge in [-0.2, -0.15) is 0 Å². The first kappa shape index (κ1) is 16.0. The third-order valence-corrected chi connectivity index (χ3v) is 5.53. The van der Waals surface area contributed by atoms with Crippen molar-refractivity contribution in [3.05, 3.63) is 33.9 Å². The van der Waals surface area contributed by atoms with Gasteiger partial charge in [0.1, 0.15) is 4.60 Å². The molecule has 3 rings (SSSR count). The number of aryl methyl sites for hydroxylation is 2. The minimum atomic E-state index is -0.406.